The molecule has 0 aliphatic heterocycles. The van der Waals surface area contributed by atoms with Crippen LogP contribution < -0.4 is 10.3 Å². The maximum atomic E-state index is 13.8. The number of para-hydroxylation sites is 2. The van der Waals surface area contributed by atoms with E-state index < -0.39 is 0 Å². The first kappa shape index (κ1) is 19.9. The molecular formula is C25H19N7O2. The van der Waals surface area contributed by atoms with Crippen molar-refractivity contribution in [2.75, 3.05) is 7.11 Å². The van der Waals surface area contributed by atoms with E-state index in [0.717, 1.165) is 22.4 Å². The van der Waals surface area contributed by atoms with Crippen LogP contribution in [-0.2, 0) is 6.54 Å². The third-order valence-electron chi connectivity index (χ3n) is 5.75. The summed E-state index contributed by atoms with van der Waals surface area (Å²) < 4.78 is 10.5. The predicted octanol–water partition coefficient (Wildman–Crippen LogP) is 3.35. The van der Waals surface area contributed by atoms with Gasteiger partial charge in [0.15, 0.2) is 0 Å². The molecule has 9 heteroatoms. The van der Waals surface area contributed by atoms with Gasteiger partial charge in [-0.1, -0.05) is 29.5 Å². The van der Waals surface area contributed by atoms with Crippen molar-refractivity contribution >= 4 is 16.6 Å². The molecule has 0 unspecified atom stereocenters. The maximum Gasteiger partial charge on any atom is 0.278 e. The minimum absolute atomic E-state index is 0.173. The van der Waals surface area contributed by atoms with Crippen LogP contribution in [0.4, 0.5) is 0 Å². The summed E-state index contributed by atoms with van der Waals surface area (Å²) in [5, 5.41) is 8.56. The second-order valence-electron chi connectivity index (χ2n) is 7.76. The minimum Gasteiger partial charge on any atom is -0.497 e. The number of hydrogen-bond donors (Lipinski definition) is 0. The molecule has 6 aromatic rings. The van der Waals surface area contributed by atoms with Crippen LogP contribution in [0.2, 0.25) is 0 Å². The predicted molar refractivity (Wildman–Crippen MR) is 127 cm³/mol. The van der Waals surface area contributed by atoms with Gasteiger partial charge in [0, 0.05) is 12.3 Å². The normalized spacial score (nSPS) is 11.3. The van der Waals surface area contributed by atoms with Gasteiger partial charge < -0.3 is 4.74 Å². The Labute approximate surface area is 193 Å². The van der Waals surface area contributed by atoms with Gasteiger partial charge >= 0.3 is 0 Å². The largest absolute Gasteiger partial charge is 0.497 e. The van der Waals surface area contributed by atoms with Crippen molar-refractivity contribution < 1.29 is 4.74 Å². The van der Waals surface area contributed by atoms with Gasteiger partial charge in [-0.15, -0.1) is 5.10 Å². The molecule has 2 aromatic carbocycles. The van der Waals surface area contributed by atoms with Crippen LogP contribution in [-0.4, -0.2) is 41.0 Å². The van der Waals surface area contributed by atoms with Crippen molar-refractivity contribution in [2.45, 2.75) is 6.54 Å². The van der Waals surface area contributed by atoms with E-state index in [2.05, 4.69) is 20.3 Å². The monoisotopic (exact) mass is 449 g/mol. The molecule has 0 saturated carbocycles. The molecular weight excluding hydrogens is 430 g/mol. The summed E-state index contributed by atoms with van der Waals surface area (Å²) in [5.41, 5.74) is 4.49. The average molecular weight is 449 g/mol. The van der Waals surface area contributed by atoms with Gasteiger partial charge in [-0.05, 0) is 36.4 Å². The van der Waals surface area contributed by atoms with E-state index in [1.165, 1.54) is 0 Å². The van der Waals surface area contributed by atoms with Crippen molar-refractivity contribution in [1.82, 2.24) is 33.9 Å². The van der Waals surface area contributed by atoms with Crippen LogP contribution in [0.1, 0.15) is 5.69 Å². The Morgan fingerprint density at radius 2 is 1.79 bits per heavy atom. The zero-order valence-corrected chi connectivity index (χ0v) is 18.2. The Bertz CT molecular complexity index is 1700. The van der Waals surface area contributed by atoms with E-state index in [0.29, 0.717) is 29.2 Å². The lowest BCUT2D eigenvalue weighted by atomic mass is 10.2. The highest BCUT2D eigenvalue weighted by Crippen LogP contribution is 2.24. The number of benzene rings is 2. The molecule has 9 nitrogen and oxygen atoms in total. The van der Waals surface area contributed by atoms with Gasteiger partial charge in [0.2, 0.25) is 0 Å². The number of pyridine rings is 1. The standard InChI is InChI=1S/C25H19N7O2/c1-34-19-9-6-8-18(13-19)32-15-20(28-29-32)23-24-25(33)30(14-17-7-4-5-12-26-17)21-10-2-3-11-22(21)31(24)16-27-23/h2-13,15-16H,14H2,1H3. The second kappa shape index (κ2) is 7.96. The van der Waals surface area contributed by atoms with Crippen LogP contribution in [0.5, 0.6) is 5.75 Å². The molecule has 0 aliphatic rings. The average Bonchev–Trinajstić information content (AvgIpc) is 3.55. The zero-order chi connectivity index (χ0) is 23.1. The Morgan fingerprint density at radius 1 is 0.941 bits per heavy atom. The number of imidazole rings is 1. The summed E-state index contributed by atoms with van der Waals surface area (Å²) in [6.07, 6.45) is 5.14. The van der Waals surface area contributed by atoms with Crippen LogP contribution in [0.3, 0.4) is 0 Å². The third kappa shape index (κ3) is 3.22. The molecule has 0 bridgehead atoms. The highest BCUT2D eigenvalue weighted by Gasteiger charge is 2.19. The molecule has 0 atom stereocenters. The van der Waals surface area contributed by atoms with Gasteiger partial charge in [0.05, 0.1) is 42.3 Å². The molecule has 0 fully saturated rings. The van der Waals surface area contributed by atoms with Crippen molar-refractivity contribution in [3.63, 3.8) is 0 Å². The smallest absolute Gasteiger partial charge is 0.278 e. The first-order valence-corrected chi connectivity index (χ1v) is 10.7. The Morgan fingerprint density at radius 3 is 2.62 bits per heavy atom. The molecule has 34 heavy (non-hydrogen) atoms. The lowest BCUT2D eigenvalue weighted by molar-refractivity contribution is 0.414. The lowest BCUT2D eigenvalue weighted by Gasteiger charge is -2.12. The highest BCUT2D eigenvalue weighted by molar-refractivity contribution is 5.84. The van der Waals surface area contributed by atoms with E-state index in [1.807, 2.05) is 71.1 Å². The van der Waals surface area contributed by atoms with Gasteiger partial charge in [-0.3, -0.25) is 18.7 Å². The number of nitrogens with zero attached hydrogens (tertiary/aromatic N) is 7. The maximum absolute atomic E-state index is 13.8. The molecule has 166 valence electrons. The Balaban J connectivity index is 1.54. The van der Waals surface area contributed by atoms with E-state index >= 15 is 0 Å². The highest BCUT2D eigenvalue weighted by atomic mass is 16.5. The van der Waals surface area contributed by atoms with Crippen molar-refractivity contribution in [3.05, 3.63) is 101 Å². The summed E-state index contributed by atoms with van der Waals surface area (Å²) in [6.45, 7) is 0.345. The Hall–Kier alpha value is -4.79. The Kier molecular flexibility index (Phi) is 4.65. The fraction of sp³-hybridized carbons (Fsp3) is 0.0800. The molecule has 6 rings (SSSR count). The van der Waals surface area contributed by atoms with Gasteiger partial charge in [0.1, 0.15) is 29.0 Å². The fourth-order valence-corrected chi connectivity index (χ4v) is 4.12. The number of methoxy groups -OCH3 is 1. The van der Waals surface area contributed by atoms with Crippen LogP contribution >= 0.6 is 0 Å². The molecule has 0 amide bonds. The molecule has 0 N–H and O–H groups in total. The van der Waals surface area contributed by atoms with Crippen molar-refractivity contribution in [3.8, 4) is 22.8 Å². The van der Waals surface area contributed by atoms with Crippen molar-refractivity contribution in [1.29, 1.82) is 0 Å². The molecule has 4 heterocycles. The van der Waals surface area contributed by atoms with E-state index in [9.17, 15) is 4.79 Å². The van der Waals surface area contributed by atoms with Gasteiger partial charge in [0.25, 0.3) is 5.56 Å². The molecule has 4 aromatic heterocycles. The zero-order valence-electron chi connectivity index (χ0n) is 18.2. The van der Waals surface area contributed by atoms with E-state index in [-0.39, 0.29) is 5.56 Å². The minimum atomic E-state index is -0.173. The topological polar surface area (TPSA) is 92.1 Å². The number of aromatic nitrogens is 7. The number of rotatable bonds is 5. The number of fused-ring (bicyclic) bond motifs is 3. The second-order valence-corrected chi connectivity index (χ2v) is 7.76. The van der Waals surface area contributed by atoms with Crippen LogP contribution in [0.15, 0.2) is 90.2 Å². The number of hydrogen-bond acceptors (Lipinski definition) is 6. The summed E-state index contributed by atoms with van der Waals surface area (Å²) in [6, 6.07) is 20.9. The van der Waals surface area contributed by atoms with E-state index in [4.69, 9.17) is 4.74 Å². The molecule has 0 aliphatic carbocycles. The fourth-order valence-electron chi connectivity index (χ4n) is 4.12. The summed E-state index contributed by atoms with van der Waals surface area (Å²) in [7, 11) is 1.61. The quantitative estimate of drug-likeness (QED) is 0.401. The summed E-state index contributed by atoms with van der Waals surface area (Å²) in [5.74, 6) is 0.714. The van der Waals surface area contributed by atoms with Crippen LogP contribution in [0, 0.1) is 0 Å². The van der Waals surface area contributed by atoms with Gasteiger partial charge in [-0.2, -0.15) is 0 Å². The first-order valence-electron chi connectivity index (χ1n) is 10.7. The van der Waals surface area contributed by atoms with E-state index in [1.54, 1.807) is 35.1 Å². The summed E-state index contributed by atoms with van der Waals surface area (Å²) in [4.78, 5) is 22.7. The first-order chi connectivity index (χ1) is 16.7. The van der Waals surface area contributed by atoms with Crippen molar-refractivity contribution in [2.24, 2.45) is 0 Å². The summed E-state index contributed by atoms with van der Waals surface area (Å²) >= 11 is 0. The molecule has 0 saturated heterocycles. The molecule has 0 spiro atoms. The SMILES string of the molecule is COc1cccc(-n2cc(-c3ncn4c3c(=O)n(Cc3ccccn3)c3ccccc34)nn2)c1. The molecule has 0 radical (unpaired) electrons. The van der Waals surface area contributed by atoms with Gasteiger partial charge in [-0.25, -0.2) is 9.67 Å². The number of ether oxygens (including phenoxy) is 1. The van der Waals surface area contributed by atoms with Crippen LogP contribution in [0.25, 0.3) is 33.6 Å². The third-order valence-corrected chi connectivity index (χ3v) is 5.75. The lowest BCUT2D eigenvalue weighted by Crippen LogP contribution is -2.24.